The molecule has 3 heteroatoms. The maximum atomic E-state index is 11.6. The molecule has 0 saturated heterocycles. The summed E-state index contributed by atoms with van der Waals surface area (Å²) in [5.41, 5.74) is 0.712. The van der Waals surface area contributed by atoms with E-state index in [0.717, 1.165) is 6.42 Å². The van der Waals surface area contributed by atoms with Crippen molar-refractivity contribution in [3.63, 3.8) is 0 Å². The SMILES string of the molecule is CCCCCCCCCCCCCCCCCC=C(C)C(=O)ON(C)C. The monoisotopic (exact) mass is 367 g/mol. The Balaban J connectivity index is 3.28. The molecule has 154 valence electrons. The van der Waals surface area contributed by atoms with Gasteiger partial charge in [-0.15, -0.1) is 5.06 Å². The highest BCUT2D eigenvalue weighted by Crippen LogP contribution is 2.14. The minimum absolute atomic E-state index is 0.240. The summed E-state index contributed by atoms with van der Waals surface area (Å²) in [4.78, 5) is 16.6. The number of carbonyl (C=O) groups is 1. The molecule has 0 rings (SSSR count). The van der Waals surface area contributed by atoms with Gasteiger partial charge in [0, 0.05) is 19.7 Å². The first-order valence-electron chi connectivity index (χ1n) is 11.1. The van der Waals surface area contributed by atoms with Gasteiger partial charge in [0.1, 0.15) is 0 Å². The largest absolute Gasteiger partial charge is 0.365 e. The summed E-state index contributed by atoms with van der Waals surface area (Å²) in [7, 11) is 3.44. The van der Waals surface area contributed by atoms with Crippen LogP contribution in [0.5, 0.6) is 0 Å². The first-order chi connectivity index (χ1) is 12.6. The molecule has 0 N–H and O–H groups in total. The molecule has 0 saturated carbocycles. The van der Waals surface area contributed by atoms with E-state index < -0.39 is 0 Å². The van der Waals surface area contributed by atoms with Crippen LogP contribution in [0.4, 0.5) is 0 Å². The van der Waals surface area contributed by atoms with Crippen LogP contribution in [0.25, 0.3) is 0 Å². The molecule has 0 atom stereocenters. The van der Waals surface area contributed by atoms with Gasteiger partial charge in [0.25, 0.3) is 0 Å². The number of rotatable bonds is 18. The molecule has 0 heterocycles. The predicted octanol–water partition coefficient (Wildman–Crippen LogP) is 7.21. The molecule has 0 unspecified atom stereocenters. The first kappa shape index (κ1) is 25.2. The van der Waals surface area contributed by atoms with E-state index in [1.165, 1.54) is 101 Å². The predicted molar refractivity (Wildman–Crippen MR) is 113 cm³/mol. The second-order valence-corrected chi connectivity index (χ2v) is 7.82. The Morgan fingerprint density at radius 3 is 1.50 bits per heavy atom. The van der Waals surface area contributed by atoms with Crippen molar-refractivity contribution in [3.05, 3.63) is 11.6 Å². The lowest BCUT2D eigenvalue weighted by atomic mass is 10.0. The molecule has 0 spiro atoms. The van der Waals surface area contributed by atoms with Crippen molar-refractivity contribution in [3.8, 4) is 0 Å². The average molecular weight is 368 g/mol. The summed E-state index contributed by atoms with van der Waals surface area (Å²) in [5.74, 6) is -0.240. The van der Waals surface area contributed by atoms with Gasteiger partial charge in [-0.3, -0.25) is 0 Å². The molecule has 26 heavy (non-hydrogen) atoms. The molecule has 0 bridgehead atoms. The van der Waals surface area contributed by atoms with Crippen molar-refractivity contribution in [1.29, 1.82) is 0 Å². The van der Waals surface area contributed by atoms with Crippen LogP contribution in [0.15, 0.2) is 11.6 Å². The number of nitrogens with zero attached hydrogens (tertiary/aromatic N) is 1. The van der Waals surface area contributed by atoms with Crippen molar-refractivity contribution in [2.24, 2.45) is 0 Å². The Bertz CT molecular complexity index is 350. The smallest absolute Gasteiger partial charge is 0.352 e. The number of carbonyl (C=O) groups excluding carboxylic acids is 1. The van der Waals surface area contributed by atoms with Crippen LogP contribution in [0.3, 0.4) is 0 Å². The Morgan fingerprint density at radius 1 is 0.731 bits per heavy atom. The molecule has 0 radical (unpaired) electrons. The highest BCUT2D eigenvalue weighted by Gasteiger charge is 2.06. The number of allylic oxidation sites excluding steroid dienone is 1. The van der Waals surface area contributed by atoms with E-state index in [0.29, 0.717) is 5.57 Å². The lowest BCUT2D eigenvalue weighted by Crippen LogP contribution is -2.19. The Labute approximate surface area is 163 Å². The number of hydrogen-bond acceptors (Lipinski definition) is 3. The van der Waals surface area contributed by atoms with E-state index in [1.807, 2.05) is 13.0 Å². The highest BCUT2D eigenvalue weighted by atomic mass is 16.7. The van der Waals surface area contributed by atoms with Crippen LogP contribution in [-0.2, 0) is 9.63 Å². The second kappa shape index (κ2) is 18.9. The number of hydrogen-bond donors (Lipinski definition) is 0. The molecular formula is C23H45NO2. The van der Waals surface area contributed by atoms with E-state index >= 15 is 0 Å². The Hall–Kier alpha value is -0.830. The van der Waals surface area contributed by atoms with Gasteiger partial charge in [0.2, 0.25) is 0 Å². The molecule has 0 aliphatic heterocycles. The summed E-state index contributed by atoms with van der Waals surface area (Å²) in [6.45, 7) is 4.11. The fourth-order valence-corrected chi connectivity index (χ4v) is 3.16. The lowest BCUT2D eigenvalue weighted by molar-refractivity contribution is -0.172. The van der Waals surface area contributed by atoms with Crippen LogP contribution < -0.4 is 0 Å². The second-order valence-electron chi connectivity index (χ2n) is 7.82. The maximum absolute atomic E-state index is 11.6. The third-order valence-corrected chi connectivity index (χ3v) is 4.85. The van der Waals surface area contributed by atoms with E-state index in [1.54, 1.807) is 14.1 Å². The van der Waals surface area contributed by atoms with Crippen LogP contribution in [0.2, 0.25) is 0 Å². The molecule has 0 aromatic carbocycles. The van der Waals surface area contributed by atoms with Gasteiger partial charge in [0.05, 0.1) is 0 Å². The van der Waals surface area contributed by atoms with Gasteiger partial charge in [-0.25, -0.2) is 4.79 Å². The van der Waals surface area contributed by atoms with Crippen LogP contribution in [0.1, 0.15) is 117 Å². The molecule has 3 nitrogen and oxygen atoms in total. The van der Waals surface area contributed by atoms with Crippen LogP contribution in [0, 0.1) is 0 Å². The topological polar surface area (TPSA) is 29.5 Å². The summed E-state index contributed by atoms with van der Waals surface area (Å²) in [6, 6.07) is 0. The highest BCUT2D eigenvalue weighted by molar-refractivity contribution is 5.87. The molecule has 0 aliphatic rings. The third-order valence-electron chi connectivity index (χ3n) is 4.85. The summed E-state index contributed by atoms with van der Waals surface area (Å²) in [5, 5.41) is 1.44. The molecule has 0 fully saturated rings. The zero-order chi connectivity index (χ0) is 19.5. The van der Waals surface area contributed by atoms with E-state index in [9.17, 15) is 4.79 Å². The van der Waals surface area contributed by atoms with Crippen molar-refractivity contribution in [1.82, 2.24) is 5.06 Å². The van der Waals surface area contributed by atoms with Gasteiger partial charge in [-0.2, -0.15) is 0 Å². The Kier molecular flexibility index (Phi) is 18.3. The number of hydroxylamine groups is 2. The van der Waals surface area contributed by atoms with Crippen molar-refractivity contribution >= 4 is 5.97 Å². The standard InChI is InChI=1S/C23H45NO2/c1-5-6-7-8-9-10-11-12-13-14-15-16-17-18-19-20-21-22(2)23(25)26-24(3)4/h21H,5-20H2,1-4H3. The summed E-state index contributed by atoms with van der Waals surface area (Å²) >= 11 is 0. The summed E-state index contributed by atoms with van der Waals surface area (Å²) in [6.07, 6.45) is 23.7. The molecule has 0 aromatic rings. The lowest BCUT2D eigenvalue weighted by Gasteiger charge is -2.09. The van der Waals surface area contributed by atoms with Gasteiger partial charge in [-0.1, -0.05) is 103 Å². The van der Waals surface area contributed by atoms with Crippen LogP contribution >= 0.6 is 0 Å². The zero-order valence-electron chi connectivity index (χ0n) is 18.2. The minimum atomic E-state index is -0.240. The quantitative estimate of drug-likeness (QED) is 0.145. The van der Waals surface area contributed by atoms with Gasteiger partial charge in [0.15, 0.2) is 0 Å². The third kappa shape index (κ3) is 18.0. The number of unbranched alkanes of at least 4 members (excludes halogenated alkanes) is 15. The average Bonchev–Trinajstić information content (AvgIpc) is 2.60. The minimum Gasteiger partial charge on any atom is -0.365 e. The molecule has 0 amide bonds. The molecule has 0 aromatic heterocycles. The summed E-state index contributed by atoms with van der Waals surface area (Å²) < 4.78 is 0. The normalized spacial score (nSPS) is 12.0. The molecule has 0 aliphatic carbocycles. The fraction of sp³-hybridized carbons (Fsp3) is 0.870. The maximum Gasteiger partial charge on any atom is 0.352 e. The fourth-order valence-electron chi connectivity index (χ4n) is 3.16. The zero-order valence-corrected chi connectivity index (χ0v) is 18.2. The van der Waals surface area contributed by atoms with Crippen molar-refractivity contribution < 1.29 is 9.63 Å². The van der Waals surface area contributed by atoms with E-state index in [2.05, 4.69) is 6.92 Å². The first-order valence-corrected chi connectivity index (χ1v) is 11.1. The van der Waals surface area contributed by atoms with E-state index in [4.69, 9.17) is 4.84 Å². The van der Waals surface area contributed by atoms with Crippen molar-refractivity contribution in [2.45, 2.75) is 117 Å². The van der Waals surface area contributed by atoms with Crippen LogP contribution in [-0.4, -0.2) is 25.1 Å². The van der Waals surface area contributed by atoms with Gasteiger partial charge >= 0.3 is 5.97 Å². The molecular weight excluding hydrogens is 322 g/mol. The van der Waals surface area contributed by atoms with Gasteiger partial charge < -0.3 is 4.84 Å². The Morgan fingerprint density at radius 2 is 1.12 bits per heavy atom. The van der Waals surface area contributed by atoms with Gasteiger partial charge in [-0.05, 0) is 19.8 Å². The van der Waals surface area contributed by atoms with E-state index in [-0.39, 0.29) is 5.97 Å². The van der Waals surface area contributed by atoms with Crippen molar-refractivity contribution in [2.75, 3.05) is 14.1 Å².